The fraction of sp³-hybridized carbons (Fsp3) is 0.382. The minimum absolute atomic E-state index is 0.0153. The van der Waals surface area contributed by atoms with E-state index >= 15 is 0 Å². The van der Waals surface area contributed by atoms with Gasteiger partial charge in [0.15, 0.2) is 0 Å². The van der Waals surface area contributed by atoms with E-state index in [0.717, 1.165) is 23.1 Å². The second-order valence-electron chi connectivity index (χ2n) is 12.7. The van der Waals surface area contributed by atoms with Gasteiger partial charge in [-0.25, -0.2) is 14.8 Å². The maximum Gasteiger partial charge on any atom is 0.408 e. The molecule has 1 unspecified atom stereocenters. The molecule has 230 valence electrons. The number of rotatable bonds is 8. The van der Waals surface area contributed by atoms with Gasteiger partial charge in [-0.3, -0.25) is 14.3 Å². The number of nitrogens with zero attached hydrogens (tertiary/aromatic N) is 5. The molecule has 1 amide bonds. The minimum atomic E-state index is -0.617. The van der Waals surface area contributed by atoms with Crippen LogP contribution in [0.15, 0.2) is 77.7 Å². The largest absolute Gasteiger partial charge is 0.444 e. The lowest BCUT2D eigenvalue weighted by Gasteiger charge is -2.30. The molecule has 0 fully saturated rings. The summed E-state index contributed by atoms with van der Waals surface area (Å²) in [5.41, 5.74) is 2.36. The van der Waals surface area contributed by atoms with Crippen LogP contribution in [0.5, 0.6) is 0 Å². The number of anilines is 3. The number of nitrogens with one attached hydrogen (secondary N) is 2. The molecule has 2 aromatic heterocycles. The molecule has 10 heteroatoms. The van der Waals surface area contributed by atoms with Gasteiger partial charge in [-0.2, -0.15) is 4.98 Å². The summed E-state index contributed by atoms with van der Waals surface area (Å²) in [6.45, 7) is 12.8. The first-order valence-electron chi connectivity index (χ1n) is 15.0. The van der Waals surface area contributed by atoms with Crippen molar-refractivity contribution < 1.29 is 9.53 Å². The van der Waals surface area contributed by atoms with Crippen LogP contribution in [0, 0.1) is 0 Å². The molecule has 0 aliphatic carbocycles. The Balaban J connectivity index is 1.30. The van der Waals surface area contributed by atoms with Crippen molar-refractivity contribution in [2.45, 2.75) is 78.1 Å². The summed E-state index contributed by atoms with van der Waals surface area (Å²) in [6.07, 6.45) is 2.79. The van der Waals surface area contributed by atoms with Crippen LogP contribution in [-0.4, -0.2) is 43.8 Å². The molecule has 1 aliphatic rings. The number of benzene rings is 2. The number of carbonyl (C=O) groups is 1. The molecule has 44 heavy (non-hydrogen) atoms. The first kappa shape index (κ1) is 30.7. The van der Waals surface area contributed by atoms with Gasteiger partial charge in [0, 0.05) is 37.0 Å². The van der Waals surface area contributed by atoms with E-state index in [1.54, 1.807) is 16.8 Å². The summed E-state index contributed by atoms with van der Waals surface area (Å²) in [6, 6.07) is 21.4. The van der Waals surface area contributed by atoms with Gasteiger partial charge in [0.05, 0.1) is 11.2 Å². The zero-order valence-corrected chi connectivity index (χ0v) is 26.3. The molecule has 1 atom stereocenters. The highest BCUT2D eigenvalue weighted by Gasteiger charge is 2.27. The third-order valence-corrected chi connectivity index (χ3v) is 7.36. The zero-order chi connectivity index (χ0) is 31.5. The Hall–Kier alpha value is -4.73. The highest BCUT2D eigenvalue weighted by Crippen LogP contribution is 2.28. The van der Waals surface area contributed by atoms with Crippen LogP contribution in [0.25, 0.3) is 11.3 Å². The minimum Gasteiger partial charge on any atom is -0.444 e. The van der Waals surface area contributed by atoms with Gasteiger partial charge in [-0.1, -0.05) is 54.6 Å². The lowest BCUT2D eigenvalue weighted by molar-refractivity contribution is 0.0470. The zero-order valence-electron chi connectivity index (χ0n) is 26.3. The predicted molar refractivity (Wildman–Crippen MR) is 173 cm³/mol. The smallest absolute Gasteiger partial charge is 0.408 e. The van der Waals surface area contributed by atoms with Crippen LogP contribution in [0.3, 0.4) is 0 Å². The van der Waals surface area contributed by atoms with Crippen molar-refractivity contribution in [1.82, 2.24) is 24.8 Å². The highest BCUT2D eigenvalue weighted by molar-refractivity contribution is 5.69. The number of ether oxygens (including phenoxy) is 1. The van der Waals surface area contributed by atoms with Crippen LogP contribution < -0.4 is 21.1 Å². The molecule has 5 rings (SSSR count). The Kier molecular flexibility index (Phi) is 8.71. The Morgan fingerprint density at radius 2 is 1.75 bits per heavy atom. The lowest BCUT2D eigenvalue weighted by atomic mass is 9.92. The molecule has 1 aliphatic heterocycles. The van der Waals surface area contributed by atoms with E-state index in [1.807, 2.05) is 88.0 Å². The standard InChI is InChI=1S/C34H41N7O3/c1-23(20-24-12-10-15-26(21-24)34(5,6)39-32(43)44-33(2,3)4)36-30-35-17-16-28(38-30)40-18-11-19-41-29(42)22-27(37-31(40)41)25-13-8-7-9-14-25/h7-10,12-17,21-23H,11,18-20H2,1-6H3,(H,39,43)(H,35,36,38). The molecular weight excluding hydrogens is 554 g/mol. The van der Waals surface area contributed by atoms with Crippen molar-refractivity contribution >= 4 is 23.8 Å². The molecule has 3 heterocycles. The molecule has 0 saturated heterocycles. The van der Waals surface area contributed by atoms with E-state index in [4.69, 9.17) is 14.7 Å². The quantitative estimate of drug-likeness (QED) is 0.253. The number of amides is 1. The third kappa shape index (κ3) is 7.42. The van der Waals surface area contributed by atoms with E-state index < -0.39 is 17.2 Å². The highest BCUT2D eigenvalue weighted by atomic mass is 16.6. The van der Waals surface area contributed by atoms with Crippen molar-refractivity contribution in [3.63, 3.8) is 0 Å². The van der Waals surface area contributed by atoms with E-state index in [2.05, 4.69) is 34.7 Å². The van der Waals surface area contributed by atoms with Gasteiger partial charge in [0.25, 0.3) is 5.56 Å². The van der Waals surface area contributed by atoms with Crippen LogP contribution in [0.2, 0.25) is 0 Å². The predicted octanol–water partition coefficient (Wildman–Crippen LogP) is 6.05. The third-order valence-electron chi connectivity index (χ3n) is 7.36. The summed E-state index contributed by atoms with van der Waals surface area (Å²) in [5, 5.41) is 6.41. The average molecular weight is 596 g/mol. The van der Waals surface area contributed by atoms with Gasteiger partial charge in [0.2, 0.25) is 11.9 Å². The summed E-state index contributed by atoms with van der Waals surface area (Å²) in [5.74, 6) is 1.76. The molecule has 2 N–H and O–H groups in total. The average Bonchev–Trinajstić information content (AvgIpc) is 2.96. The maximum atomic E-state index is 13.0. The number of carbonyl (C=O) groups excluding carboxylic acids is 1. The van der Waals surface area contributed by atoms with Crippen LogP contribution in [0.1, 0.15) is 59.1 Å². The Morgan fingerprint density at radius 3 is 2.50 bits per heavy atom. The van der Waals surface area contributed by atoms with Crippen molar-refractivity contribution in [3.8, 4) is 11.3 Å². The first-order valence-corrected chi connectivity index (χ1v) is 15.0. The fourth-order valence-corrected chi connectivity index (χ4v) is 5.28. The number of hydrogen-bond acceptors (Lipinski definition) is 8. The Labute approximate surface area is 258 Å². The van der Waals surface area contributed by atoms with Gasteiger partial charge in [-0.15, -0.1) is 0 Å². The van der Waals surface area contributed by atoms with Gasteiger partial charge < -0.3 is 15.4 Å². The normalized spacial score (nSPS) is 14.0. The summed E-state index contributed by atoms with van der Waals surface area (Å²) < 4.78 is 7.17. The maximum absolute atomic E-state index is 13.0. The van der Waals surface area contributed by atoms with Gasteiger partial charge in [-0.05, 0) is 71.6 Å². The van der Waals surface area contributed by atoms with Crippen molar-refractivity contribution in [3.05, 3.63) is 94.4 Å². The summed E-state index contributed by atoms with van der Waals surface area (Å²) >= 11 is 0. The van der Waals surface area contributed by atoms with Crippen molar-refractivity contribution in [2.24, 2.45) is 0 Å². The number of hydrogen-bond donors (Lipinski definition) is 2. The van der Waals surface area contributed by atoms with Crippen molar-refractivity contribution in [1.29, 1.82) is 0 Å². The van der Waals surface area contributed by atoms with Crippen molar-refractivity contribution in [2.75, 3.05) is 16.8 Å². The monoisotopic (exact) mass is 595 g/mol. The molecule has 0 saturated carbocycles. The van der Waals surface area contributed by atoms with Gasteiger partial charge in [0.1, 0.15) is 11.4 Å². The van der Waals surface area contributed by atoms with Crippen LogP contribution in [-0.2, 0) is 23.2 Å². The number of alkyl carbamates (subject to hydrolysis) is 1. The molecule has 0 radical (unpaired) electrons. The Morgan fingerprint density at radius 1 is 0.977 bits per heavy atom. The van der Waals surface area contributed by atoms with Gasteiger partial charge >= 0.3 is 6.09 Å². The Bertz CT molecular complexity index is 1680. The van der Waals surface area contributed by atoms with E-state index in [-0.39, 0.29) is 11.6 Å². The second-order valence-corrected chi connectivity index (χ2v) is 12.7. The van der Waals surface area contributed by atoms with Crippen LogP contribution in [0.4, 0.5) is 22.5 Å². The lowest BCUT2D eigenvalue weighted by Crippen LogP contribution is -2.43. The molecular formula is C34H41N7O3. The number of aromatic nitrogens is 4. The molecule has 2 aromatic carbocycles. The topological polar surface area (TPSA) is 114 Å². The van der Waals surface area contributed by atoms with E-state index in [1.165, 1.54) is 0 Å². The first-order chi connectivity index (χ1) is 20.9. The molecule has 0 spiro atoms. The number of fused-ring (bicyclic) bond motifs is 1. The second kappa shape index (κ2) is 12.5. The fourth-order valence-electron chi connectivity index (χ4n) is 5.28. The summed E-state index contributed by atoms with van der Waals surface area (Å²) in [4.78, 5) is 41.6. The summed E-state index contributed by atoms with van der Waals surface area (Å²) in [7, 11) is 0. The SMILES string of the molecule is CC(Cc1cccc(C(C)(C)NC(=O)OC(C)(C)C)c1)Nc1nccc(N2CCCn3c2nc(-c2ccccc2)cc3=O)n1. The van der Waals surface area contributed by atoms with E-state index in [9.17, 15) is 9.59 Å². The molecule has 10 nitrogen and oxygen atoms in total. The molecule has 4 aromatic rings. The van der Waals surface area contributed by atoms with E-state index in [0.29, 0.717) is 42.9 Å². The molecule has 0 bridgehead atoms. The van der Waals surface area contributed by atoms with Crippen LogP contribution >= 0.6 is 0 Å².